The van der Waals surface area contributed by atoms with Crippen molar-refractivity contribution in [1.82, 2.24) is 4.98 Å². The van der Waals surface area contributed by atoms with Crippen molar-refractivity contribution < 1.29 is 4.39 Å². The third-order valence-corrected chi connectivity index (χ3v) is 3.19. The van der Waals surface area contributed by atoms with E-state index in [0.717, 1.165) is 0 Å². The first-order valence-corrected chi connectivity index (χ1v) is 6.21. The molecule has 1 N–H and O–H groups in total. The summed E-state index contributed by atoms with van der Waals surface area (Å²) in [4.78, 5) is 3.95. The Morgan fingerprint density at radius 1 is 0.944 bits per heavy atom. The van der Waals surface area contributed by atoms with Crippen LogP contribution in [0, 0.1) is 5.82 Å². The van der Waals surface area contributed by atoms with E-state index in [1.807, 2.05) is 0 Å². The Labute approximate surface area is 123 Å². The quantitative estimate of drug-likeness (QED) is 0.729. The van der Waals surface area contributed by atoms with Crippen LogP contribution in [0.5, 0.6) is 0 Å². The molecule has 1 heterocycles. The van der Waals surface area contributed by atoms with Crippen LogP contribution in [0.15, 0.2) is 24.3 Å². The highest BCUT2D eigenvalue weighted by Gasteiger charge is 2.09. The van der Waals surface area contributed by atoms with Crippen molar-refractivity contribution in [3.63, 3.8) is 0 Å². The summed E-state index contributed by atoms with van der Waals surface area (Å²) in [6.07, 6.45) is 0. The van der Waals surface area contributed by atoms with Crippen LogP contribution in [-0.4, -0.2) is 4.98 Å². The van der Waals surface area contributed by atoms with E-state index in [1.54, 1.807) is 0 Å². The van der Waals surface area contributed by atoms with Gasteiger partial charge in [0.15, 0.2) is 5.82 Å². The number of aromatic nitrogens is 1. The van der Waals surface area contributed by atoms with Crippen molar-refractivity contribution in [2.45, 2.75) is 0 Å². The Kier molecular flexibility index (Phi) is 4.17. The normalized spacial score (nSPS) is 10.5. The minimum atomic E-state index is -0.471. The van der Waals surface area contributed by atoms with Crippen LogP contribution in [0.3, 0.4) is 0 Å². The van der Waals surface area contributed by atoms with E-state index in [-0.39, 0.29) is 26.0 Å². The maximum Gasteiger partial charge on any atom is 0.151 e. The number of hydrogen-bond acceptors (Lipinski definition) is 2. The Morgan fingerprint density at radius 2 is 1.67 bits per heavy atom. The molecular weight excluding hydrogens is 321 g/mol. The molecule has 2 rings (SSSR count). The zero-order valence-corrected chi connectivity index (χ0v) is 11.7. The predicted molar refractivity (Wildman–Crippen MR) is 74.0 cm³/mol. The first kappa shape index (κ1) is 13.7. The predicted octanol–water partition coefficient (Wildman–Crippen LogP) is 5.58. The van der Waals surface area contributed by atoms with Crippen molar-refractivity contribution in [2.24, 2.45) is 0 Å². The van der Waals surface area contributed by atoms with Crippen molar-refractivity contribution in [3.8, 4) is 0 Å². The Hall–Kier alpha value is -0.740. The van der Waals surface area contributed by atoms with Crippen molar-refractivity contribution >= 4 is 57.9 Å². The fraction of sp³-hybridized carbons (Fsp3) is 0. The molecule has 0 fully saturated rings. The summed E-state index contributed by atoms with van der Waals surface area (Å²) >= 11 is 23.2. The van der Waals surface area contributed by atoms with Gasteiger partial charge in [-0.25, -0.2) is 9.37 Å². The summed E-state index contributed by atoms with van der Waals surface area (Å²) in [6, 6.07) is 5.43. The second-order valence-electron chi connectivity index (χ2n) is 3.37. The second-order valence-corrected chi connectivity index (χ2v) is 4.98. The van der Waals surface area contributed by atoms with E-state index in [2.05, 4.69) is 10.3 Å². The lowest BCUT2D eigenvalue weighted by Crippen LogP contribution is -1.96. The minimum absolute atomic E-state index is 0.103. The number of pyridine rings is 1. The molecule has 2 nitrogen and oxygen atoms in total. The number of nitrogens with one attached hydrogen (secondary N) is 1. The van der Waals surface area contributed by atoms with Crippen molar-refractivity contribution in [3.05, 3.63) is 50.3 Å². The number of halogens is 5. The van der Waals surface area contributed by atoms with Gasteiger partial charge >= 0.3 is 0 Å². The van der Waals surface area contributed by atoms with Crippen LogP contribution < -0.4 is 5.32 Å². The molecule has 0 atom stereocenters. The molecule has 18 heavy (non-hydrogen) atoms. The summed E-state index contributed by atoms with van der Waals surface area (Å²) in [6.45, 7) is 0. The van der Waals surface area contributed by atoms with Crippen LogP contribution in [-0.2, 0) is 0 Å². The monoisotopic (exact) mass is 324 g/mol. The van der Waals surface area contributed by atoms with Gasteiger partial charge < -0.3 is 5.32 Å². The molecule has 2 aromatic rings. The number of hydrogen-bond donors (Lipinski definition) is 1. The first-order valence-electron chi connectivity index (χ1n) is 4.70. The van der Waals surface area contributed by atoms with E-state index in [4.69, 9.17) is 46.4 Å². The van der Waals surface area contributed by atoms with Gasteiger partial charge in [-0.05, 0) is 24.3 Å². The van der Waals surface area contributed by atoms with E-state index >= 15 is 0 Å². The third-order valence-electron chi connectivity index (χ3n) is 2.01. The van der Waals surface area contributed by atoms with Gasteiger partial charge in [0.1, 0.15) is 11.0 Å². The second kappa shape index (κ2) is 5.49. The molecule has 1 aromatic carbocycles. The number of nitrogens with zero attached hydrogens (tertiary/aromatic N) is 1. The molecule has 94 valence electrons. The maximum atomic E-state index is 13.1. The molecule has 0 saturated heterocycles. The van der Waals surface area contributed by atoms with Crippen LogP contribution in [0.25, 0.3) is 0 Å². The standard InChI is InChI=1S/C11H5Cl4FN2/c12-5-1-6(16)3-7(2-5)17-11-9(14)4-8(13)10(15)18-11/h1-4H,(H,17,18). The molecule has 0 spiro atoms. The van der Waals surface area contributed by atoms with Crippen LogP contribution in [0.4, 0.5) is 15.9 Å². The van der Waals surface area contributed by atoms with E-state index in [0.29, 0.717) is 5.69 Å². The Morgan fingerprint density at radius 3 is 2.33 bits per heavy atom. The fourth-order valence-corrected chi connectivity index (χ4v) is 2.06. The lowest BCUT2D eigenvalue weighted by atomic mass is 10.3. The van der Waals surface area contributed by atoms with Crippen LogP contribution in [0.2, 0.25) is 20.2 Å². The Balaban J connectivity index is 2.36. The largest absolute Gasteiger partial charge is 0.339 e. The van der Waals surface area contributed by atoms with Gasteiger partial charge in [0, 0.05) is 10.7 Å². The molecule has 0 radical (unpaired) electrons. The highest BCUT2D eigenvalue weighted by molar-refractivity contribution is 6.43. The third kappa shape index (κ3) is 3.18. The highest BCUT2D eigenvalue weighted by Crippen LogP contribution is 2.31. The molecule has 0 amide bonds. The summed E-state index contributed by atoms with van der Waals surface area (Å²) in [5.41, 5.74) is 0.410. The summed E-state index contributed by atoms with van der Waals surface area (Å²) in [7, 11) is 0. The summed E-state index contributed by atoms with van der Waals surface area (Å²) in [5.74, 6) is -0.200. The fourth-order valence-electron chi connectivity index (χ4n) is 1.29. The van der Waals surface area contributed by atoms with Gasteiger partial charge in [-0.1, -0.05) is 46.4 Å². The van der Waals surface area contributed by atoms with Gasteiger partial charge in [-0.15, -0.1) is 0 Å². The van der Waals surface area contributed by atoms with Crippen molar-refractivity contribution in [2.75, 3.05) is 5.32 Å². The maximum absolute atomic E-state index is 13.1. The molecule has 0 aliphatic heterocycles. The van der Waals surface area contributed by atoms with Crippen LogP contribution in [0.1, 0.15) is 0 Å². The average molecular weight is 326 g/mol. The van der Waals surface area contributed by atoms with E-state index in [1.165, 1.54) is 24.3 Å². The molecule has 0 unspecified atom stereocenters. The molecule has 1 aromatic heterocycles. The zero-order valence-electron chi connectivity index (χ0n) is 8.65. The van der Waals surface area contributed by atoms with Gasteiger partial charge in [0.2, 0.25) is 0 Å². The smallest absolute Gasteiger partial charge is 0.151 e. The Bertz CT molecular complexity index is 584. The lowest BCUT2D eigenvalue weighted by molar-refractivity contribution is 0.628. The molecule has 0 bridgehead atoms. The van der Waals surface area contributed by atoms with Gasteiger partial charge in [0.25, 0.3) is 0 Å². The number of anilines is 2. The zero-order chi connectivity index (χ0) is 13.3. The topological polar surface area (TPSA) is 24.9 Å². The number of rotatable bonds is 2. The van der Waals surface area contributed by atoms with E-state index < -0.39 is 5.82 Å². The lowest BCUT2D eigenvalue weighted by Gasteiger charge is -2.09. The van der Waals surface area contributed by atoms with Crippen LogP contribution >= 0.6 is 46.4 Å². The SMILES string of the molecule is Fc1cc(Cl)cc(Nc2nc(Cl)c(Cl)cc2Cl)c1. The van der Waals surface area contributed by atoms with E-state index in [9.17, 15) is 4.39 Å². The average Bonchev–Trinajstić information content (AvgIpc) is 2.24. The highest BCUT2D eigenvalue weighted by atomic mass is 35.5. The summed E-state index contributed by atoms with van der Waals surface area (Å²) < 4.78 is 13.1. The summed E-state index contributed by atoms with van der Waals surface area (Å²) in [5, 5.41) is 3.68. The van der Waals surface area contributed by atoms with Gasteiger partial charge in [-0.3, -0.25) is 0 Å². The molecule has 0 aliphatic rings. The molecule has 0 saturated carbocycles. The molecule has 0 aliphatic carbocycles. The van der Waals surface area contributed by atoms with Gasteiger partial charge in [-0.2, -0.15) is 0 Å². The molecule has 7 heteroatoms. The van der Waals surface area contributed by atoms with Crippen molar-refractivity contribution in [1.29, 1.82) is 0 Å². The minimum Gasteiger partial charge on any atom is -0.339 e. The van der Waals surface area contributed by atoms with Gasteiger partial charge in [0.05, 0.1) is 10.0 Å². The first-order chi connectivity index (χ1) is 8.45. The number of benzene rings is 1. The molecular formula is C11H5Cl4FN2.